The highest BCUT2D eigenvalue weighted by atomic mass is 16.5. The zero-order valence-electron chi connectivity index (χ0n) is 13.0. The molecule has 0 saturated heterocycles. The van der Waals surface area contributed by atoms with Gasteiger partial charge in [0.15, 0.2) is 0 Å². The lowest BCUT2D eigenvalue weighted by atomic mass is 10.3. The highest BCUT2D eigenvalue weighted by Crippen LogP contribution is 2.39. The molecule has 2 aromatic heterocycles. The van der Waals surface area contributed by atoms with Gasteiger partial charge < -0.3 is 10.1 Å². The van der Waals surface area contributed by atoms with E-state index in [9.17, 15) is 0 Å². The number of nitrogens with one attached hydrogen (secondary N) is 1. The molecule has 3 rings (SSSR count). The SMILES string of the molecule is CCCCOc1cc(NCc2cccnc2)nc(C2CC2)n1. The van der Waals surface area contributed by atoms with E-state index in [-0.39, 0.29) is 0 Å². The standard InChI is InChI=1S/C17H22N4O/c1-2-3-9-22-16-10-15(20-17(21-16)14-6-7-14)19-12-13-5-4-8-18-11-13/h4-5,8,10-11,14H,2-3,6-7,9,12H2,1H3,(H,19,20,21). The van der Waals surface area contributed by atoms with Crippen LogP contribution >= 0.6 is 0 Å². The largest absolute Gasteiger partial charge is 0.478 e. The number of unbranched alkanes of at least 4 members (excludes halogenated alkanes) is 1. The number of hydrogen-bond donors (Lipinski definition) is 1. The van der Waals surface area contributed by atoms with E-state index in [0.717, 1.165) is 30.0 Å². The number of nitrogens with zero attached hydrogens (tertiary/aromatic N) is 3. The normalized spacial score (nSPS) is 13.9. The Hall–Kier alpha value is -2.17. The van der Waals surface area contributed by atoms with Crippen molar-refractivity contribution >= 4 is 5.82 Å². The van der Waals surface area contributed by atoms with Gasteiger partial charge in [-0.1, -0.05) is 19.4 Å². The van der Waals surface area contributed by atoms with Gasteiger partial charge in [-0.15, -0.1) is 0 Å². The Kier molecular flexibility index (Phi) is 4.83. The van der Waals surface area contributed by atoms with E-state index < -0.39 is 0 Å². The lowest BCUT2D eigenvalue weighted by Gasteiger charge is -2.10. The summed E-state index contributed by atoms with van der Waals surface area (Å²) in [4.78, 5) is 13.3. The summed E-state index contributed by atoms with van der Waals surface area (Å²) < 4.78 is 5.75. The predicted molar refractivity (Wildman–Crippen MR) is 86.0 cm³/mol. The van der Waals surface area contributed by atoms with E-state index in [1.165, 1.54) is 12.8 Å². The van der Waals surface area contributed by atoms with Gasteiger partial charge in [-0.25, -0.2) is 4.98 Å². The van der Waals surface area contributed by atoms with Crippen LogP contribution in [0, 0.1) is 0 Å². The smallest absolute Gasteiger partial charge is 0.218 e. The summed E-state index contributed by atoms with van der Waals surface area (Å²) in [6, 6.07) is 5.87. The minimum Gasteiger partial charge on any atom is -0.478 e. The molecule has 2 aromatic rings. The Labute approximate surface area is 131 Å². The molecule has 0 aromatic carbocycles. The van der Waals surface area contributed by atoms with Crippen molar-refractivity contribution in [2.24, 2.45) is 0 Å². The van der Waals surface area contributed by atoms with Gasteiger partial charge in [0.05, 0.1) is 6.61 Å². The molecule has 116 valence electrons. The monoisotopic (exact) mass is 298 g/mol. The fraction of sp³-hybridized carbons (Fsp3) is 0.471. The Balaban J connectivity index is 1.68. The third-order valence-corrected chi connectivity index (χ3v) is 3.61. The highest BCUT2D eigenvalue weighted by Gasteiger charge is 2.27. The topological polar surface area (TPSA) is 59.9 Å². The van der Waals surface area contributed by atoms with Gasteiger partial charge in [0.1, 0.15) is 11.6 Å². The zero-order valence-corrected chi connectivity index (χ0v) is 13.0. The first-order valence-electron chi connectivity index (χ1n) is 7.99. The molecule has 22 heavy (non-hydrogen) atoms. The van der Waals surface area contributed by atoms with Gasteiger partial charge in [0, 0.05) is 30.9 Å². The third-order valence-electron chi connectivity index (χ3n) is 3.61. The van der Waals surface area contributed by atoms with Gasteiger partial charge in [-0.3, -0.25) is 4.98 Å². The average Bonchev–Trinajstić information content (AvgIpc) is 3.39. The maximum Gasteiger partial charge on any atom is 0.218 e. The molecule has 0 spiro atoms. The Morgan fingerprint density at radius 2 is 2.23 bits per heavy atom. The summed E-state index contributed by atoms with van der Waals surface area (Å²) >= 11 is 0. The number of anilines is 1. The maximum atomic E-state index is 5.75. The maximum absolute atomic E-state index is 5.75. The van der Waals surface area contributed by atoms with Crippen LogP contribution in [-0.2, 0) is 6.54 Å². The highest BCUT2D eigenvalue weighted by molar-refractivity contribution is 5.40. The first-order chi connectivity index (χ1) is 10.8. The predicted octanol–water partition coefficient (Wildman–Crippen LogP) is 3.54. The van der Waals surface area contributed by atoms with Gasteiger partial charge in [-0.05, 0) is 30.9 Å². The molecule has 1 N–H and O–H groups in total. The summed E-state index contributed by atoms with van der Waals surface area (Å²) in [7, 11) is 0. The van der Waals surface area contributed by atoms with Crippen molar-refractivity contribution in [2.75, 3.05) is 11.9 Å². The summed E-state index contributed by atoms with van der Waals surface area (Å²) in [6.45, 7) is 3.56. The Bertz CT molecular complexity index is 599. The fourth-order valence-corrected chi connectivity index (χ4v) is 2.15. The van der Waals surface area contributed by atoms with Crippen molar-refractivity contribution in [3.05, 3.63) is 42.0 Å². The number of pyridine rings is 1. The van der Waals surface area contributed by atoms with Gasteiger partial charge >= 0.3 is 0 Å². The third kappa shape index (κ3) is 4.16. The molecule has 0 bridgehead atoms. The van der Waals surface area contributed by atoms with Gasteiger partial charge in [-0.2, -0.15) is 4.98 Å². The summed E-state index contributed by atoms with van der Waals surface area (Å²) in [5, 5.41) is 3.34. The second-order valence-corrected chi connectivity index (χ2v) is 5.64. The van der Waals surface area contributed by atoms with Crippen LogP contribution in [0.1, 0.15) is 49.9 Å². The van der Waals surface area contributed by atoms with Crippen LogP contribution in [0.25, 0.3) is 0 Å². The lowest BCUT2D eigenvalue weighted by molar-refractivity contribution is 0.296. The van der Waals surface area contributed by atoms with Crippen LogP contribution < -0.4 is 10.1 Å². The van der Waals surface area contributed by atoms with Gasteiger partial charge in [0.2, 0.25) is 5.88 Å². The number of hydrogen-bond acceptors (Lipinski definition) is 5. The molecule has 1 fully saturated rings. The van der Waals surface area contributed by atoms with Crippen molar-refractivity contribution < 1.29 is 4.74 Å². The number of ether oxygens (including phenoxy) is 1. The molecule has 0 atom stereocenters. The lowest BCUT2D eigenvalue weighted by Crippen LogP contribution is -2.07. The van der Waals surface area contributed by atoms with E-state index in [0.29, 0.717) is 24.9 Å². The average molecular weight is 298 g/mol. The summed E-state index contributed by atoms with van der Waals surface area (Å²) in [5.74, 6) is 2.92. The molecule has 1 aliphatic carbocycles. The minimum atomic E-state index is 0.508. The second kappa shape index (κ2) is 7.20. The Morgan fingerprint density at radius 3 is 2.95 bits per heavy atom. The van der Waals surface area contributed by atoms with Crippen LogP contribution in [0.3, 0.4) is 0 Å². The molecule has 5 nitrogen and oxygen atoms in total. The van der Waals surface area contributed by atoms with Crippen molar-refractivity contribution in [1.82, 2.24) is 15.0 Å². The zero-order chi connectivity index (χ0) is 15.2. The summed E-state index contributed by atoms with van der Waals surface area (Å²) in [6.07, 6.45) is 8.16. The molecule has 0 unspecified atom stereocenters. The molecule has 1 aliphatic rings. The first-order valence-corrected chi connectivity index (χ1v) is 7.99. The van der Waals surface area contributed by atoms with Crippen LogP contribution in [0.4, 0.5) is 5.82 Å². The van der Waals surface area contributed by atoms with Gasteiger partial charge in [0.25, 0.3) is 0 Å². The van der Waals surface area contributed by atoms with Crippen LogP contribution in [0.15, 0.2) is 30.6 Å². The second-order valence-electron chi connectivity index (χ2n) is 5.64. The first kappa shape index (κ1) is 14.8. The van der Waals surface area contributed by atoms with E-state index >= 15 is 0 Å². The summed E-state index contributed by atoms with van der Waals surface area (Å²) in [5.41, 5.74) is 1.13. The van der Waals surface area contributed by atoms with E-state index in [4.69, 9.17) is 4.74 Å². The van der Waals surface area contributed by atoms with Crippen LogP contribution in [-0.4, -0.2) is 21.6 Å². The van der Waals surface area contributed by atoms with E-state index in [1.54, 1.807) is 6.20 Å². The molecule has 2 heterocycles. The number of rotatable bonds is 8. The van der Waals surface area contributed by atoms with Crippen molar-refractivity contribution in [1.29, 1.82) is 0 Å². The Morgan fingerprint density at radius 1 is 1.32 bits per heavy atom. The molecule has 1 saturated carbocycles. The van der Waals surface area contributed by atoms with E-state index in [2.05, 4.69) is 27.2 Å². The quantitative estimate of drug-likeness (QED) is 0.755. The van der Waals surface area contributed by atoms with Crippen molar-refractivity contribution in [3.63, 3.8) is 0 Å². The molecule has 0 amide bonds. The molecule has 0 aliphatic heterocycles. The van der Waals surface area contributed by atoms with E-state index in [1.807, 2.05) is 24.4 Å². The molecule has 0 radical (unpaired) electrons. The van der Waals surface area contributed by atoms with Crippen LogP contribution in [0.5, 0.6) is 5.88 Å². The molecular formula is C17H22N4O. The fourth-order valence-electron chi connectivity index (χ4n) is 2.15. The van der Waals surface area contributed by atoms with Crippen molar-refractivity contribution in [2.45, 2.75) is 45.1 Å². The molecular weight excluding hydrogens is 276 g/mol. The van der Waals surface area contributed by atoms with Crippen molar-refractivity contribution in [3.8, 4) is 5.88 Å². The number of aromatic nitrogens is 3. The minimum absolute atomic E-state index is 0.508. The molecule has 5 heteroatoms. The van der Waals surface area contributed by atoms with Crippen LogP contribution in [0.2, 0.25) is 0 Å².